The largest absolute Gasteiger partial charge is 0.385 e. The molecule has 0 aromatic heterocycles. The van der Waals surface area contributed by atoms with Crippen LogP contribution in [0.5, 0.6) is 0 Å². The number of rotatable bonds is 2. The van der Waals surface area contributed by atoms with Gasteiger partial charge in [0.05, 0.1) is 16.7 Å². The molecule has 0 radical (unpaired) electrons. The van der Waals surface area contributed by atoms with Crippen LogP contribution >= 0.6 is 27.5 Å². The van der Waals surface area contributed by atoms with Gasteiger partial charge in [0.1, 0.15) is 5.82 Å². The van der Waals surface area contributed by atoms with E-state index in [1.165, 1.54) is 0 Å². The van der Waals surface area contributed by atoms with Crippen LogP contribution in [0.4, 0.5) is 4.39 Å². The molecule has 1 aromatic rings. The highest BCUT2D eigenvalue weighted by Crippen LogP contribution is 2.41. The van der Waals surface area contributed by atoms with Gasteiger partial charge in [0.15, 0.2) is 0 Å². The number of hydrogen-bond donors (Lipinski definition) is 1. The Morgan fingerprint density at radius 3 is 2.94 bits per heavy atom. The number of hydrogen-bond acceptors (Lipinski definition) is 2. The molecule has 0 bridgehead atoms. The molecule has 2 rings (SSSR count). The first-order valence-corrected chi connectivity index (χ1v) is 7.04. The average Bonchev–Trinajstić information content (AvgIpc) is 2.35. The Morgan fingerprint density at radius 2 is 2.28 bits per heavy atom. The molecule has 1 saturated carbocycles. The molecular formula is C13H15BrClFO2. The van der Waals surface area contributed by atoms with Crippen molar-refractivity contribution in [3.05, 3.63) is 33.0 Å². The quantitative estimate of drug-likeness (QED) is 0.826. The maximum atomic E-state index is 14.2. The van der Waals surface area contributed by atoms with Crippen molar-refractivity contribution in [2.24, 2.45) is 0 Å². The van der Waals surface area contributed by atoms with Crippen LogP contribution < -0.4 is 0 Å². The Bertz CT molecular complexity index is 455. The molecule has 0 spiro atoms. The van der Waals surface area contributed by atoms with Crippen molar-refractivity contribution in [3.63, 3.8) is 0 Å². The zero-order chi connectivity index (χ0) is 13.3. The lowest BCUT2D eigenvalue weighted by Crippen LogP contribution is -2.36. The fourth-order valence-electron chi connectivity index (χ4n) is 2.53. The van der Waals surface area contributed by atoms with Crippen molar-refractivity contribution >= 4 is 27.5 Å². The van der Waals surface area contributed by atoms with E-state index in [1.54, 1.807) is 19.2 Å². The summed E-state index contributed by atoms with van der Waals surface area (Å²) in [7, 11) is 1.61. The lowest BCUT2D eigenvalue weighted by molar-refractivity contribution is -0.0650. The van der Waals surface area contributed by atoms with Gasteiger partial charge in [0, 0.05) is 23.6 Å². The molecule has 0 aliphatic heterocycles. The van der Waals surface area contributed by atoms with E-state index in [4.69, 9.17) is 16.3 Å². The molecule has 1 aliphatic carbocycles. The summed E-state index contributed by atoms with van der Waals surface area (Å²) in [6, 6.07) is 3.25. The minimum Gasteiger partial charge on any atom is -0.385 e. The van der Waals surface area contributed by atoms with Crippen LogP contribution in [0.2, 0.25) is 5.02 Å². The summed E-state index contributed by atoms with van der Waals surface area (Å²) in [5, 5.41) is 10.7. The van der Waals surface area contributed by atoms with Crippen molar-refractivity contribution < 1.29 is 14.2 Å². The van der Waals surface area contributed by atoms with Gasteiger partial charge < -0.3 is 9.84 Å². The minimum absolute atomic E-state index is 0.0143. The normalized spacial score (nSPS) is 28.4. The van der Waals surface area contributed by atoms with Crippen LogP contribution in [0.15, 0.2) is 16.6 Å². The lowest BCUT2D eigenvalue weighted by atomic mass is 9.78. The molecule has 0 amide bonds. The Labute approximate surface area is 119 Å². The standard InChI is InChI=1S/C13H15BrClFO2/c1-18-8-3-2-6-13(17,7-8)9-4-5-10(14)11(15)12(9)16/h4-5,8,17H,2-3,6-7H2,1H3. The Morgan fingerprint density at radius 1 is 1.56 bits per heavy atom. The van der Waals surface area contributed by atoms with Crippen LogP contribution in [0.1, 0.15) is 31.2 Å². The van der Waals surface area contributed by atoms with Crippen LogP contribution in [0.25, 0.3) is 0 Å². The van der Waals surface area contributed by atoms with E-state index in [2.05, 4.69) is 15.9 Å². The van der Waals surface area contributed by atoms with E-state index in [0.29, 0.717) is 17.3 Å². The number of aliphatic hydroxyl groups is 1. The Hall–Kier alpha value is -0.160. The Balaban J connectivity index is 2.38. The lowest BCUT2D eigenvalue weighted by Gasteiger charge is -2.36. The Kier molecular flexibility index (Phi) is 4.32. The molecule has 5 heteroatoms. The topological polar surface area (TPSA) is 29.5 Å². The fraction of sp³-hybridized carbons (Fsp3) is 0.538. The summed E-state index contributed by atoms with van der Waals surface area (Å²) in [5.41, 5.74) is -0.926. The van der Waals surface area contributed by atoms with Gasteiger partial charge in [-0.2, -0.15) is 0 Å². The second-order valence-corrected chi connectivity index (χ2v) is 5.94. The summed E-state index contributed by atoms with van der Waals surface area (Å²) in [6.07, 6.45) is 2.60. The third kappa shape index (κ3) is 2.57. The second kappa shape index (κ2) is 5.45. The third-order valence-electron chi connectivity index (χ3n) is 3.55. The first kappa shape index (κ1) is 14.3. The molecule has 100 valence electrons. The molecule has 0 saturated heterocycles. The van der Waals surface area contributed by atoms with Crippen LogP contribution in [0, 0.1) is 5.82 Å². The summed E-state index contributed by atoms with van der Waals surface area (Å²) >= 11 is 9.04. The summed E-state index contributed by atoms with van der Waals surface area (Å²) in [4.78, 5) is 0. The highest BCUT2D eigenvalue weighted by atomic mass is 79.9. The number of ether oxygens (including phenoxy) is 1. The van der Waals surface area contributed by atoms with Crippen LogP contribution in [0.3, 0.4) is 0 Å². The average molecular weight is 338 g/mol. The first-order chi connectivity index (χ1) is 8.48. The maximum Gasteiger partial charge on any atom is 0.149 e. The van der Waals surface area contributed by atoms with Crippen molar-refractivity contribution in [1.29, 1.82) is 0 Å². The van der Waals surface area contributed by atoms with E-state index in [9.17, 15) is 9.50 Å². The highest BCUT2D eigenvalue weighted by Gasteiger charge is 2.38. The minimum atomic E-state index is -1.19. The fourth-order valence-corrected chi connectivity index (χ4v) is 3.01. The molecule has 1 N–H and O–H groups in total. The monoisotopic (exact) mass is 336 g/mol. The van der Waals surface area contributed by atoms with Gasteiger partial charge in [-0.25, -0.2) is 4.39 Å². The van der Waals surface area contributed by atoms with Crippen molar-refractivity contribution in [2.75, 3.05) is 7.11 Å². The van der Waals surface area contributed by atoms with Gasteiger partial charge in [-0.05, 0) is 41.3 Å². The smallest absolute Gasteiger partial charge is 0.149 e. The zero-order valence-corrected chi connectivity index (χ0v) is 12.4. The predicted molar refractivity (Wildman–Crippen MR) is 72.3 cm³/mol. The molecule has 1 fully saturated rings. The molecule has 2 unspecified atom stereocenters. The van der Waals surface area contributed by atoms with E-state index in [-0.39, 0.29) is 16.7 Å². The van der Waals surface area contributed by atoms with Gasteiger partial charge in [-0.1, -0.05) is 17.7 Å². The summed E-state index contributed by atoms with van der Waals surface area (Å²) in [6.45, 7) is 0. The zero-order valence-electron chi connectivity index (χ0n) is 10.0. The van der Waals surface area contributed by atoms with Crippen molar-refractivity contribution in [1.82, 2.24) is 0 Å². The van der Waals surface area contributed by atoms with E-state index in [0.717, 1.165) is 12.8 Å². The van der Waals surface area contributed by atoms with Crippen molar-refractivity contribution in [3.8, 4) is 0 Å². The predicted octanol–water partition coefficient (Wildman–Crippen LogP) is 4.02. The first-order valence-electron chi connectivity index (χ1n) is 5.87. The molecule has 2 nitrogen and oxygen atoms in total. The van der Waals surface area contributed by atoms with Crippen LogP contribution in [-0.2, 0) is 10.3 Å². The van der Waals surface area contributed by atoms with Crippen LogP contribution in [-0.4, -0.2) is 18.3 Å². The van der Waals surface area contributed by atoms with E-state index in [1.807, 2.05) is 0 Å². The summed E-state index contributed by atoms with van der Waals surface area (Å²) in [5.74, 6) is -0.551. The third-order valence-corrected chi connectivity index (χ3v) is 4.81. The highest BCUT2D eigenvalue weighted by molar-refractivity contribution is 9.10. The molecule has 0 heterocycles. The van der Waals surface area contributed by atoms with Gasteiger partial charge >= 0.3 is 0 Å². The number of halogens is 3. The van der Waals surface area contributed by atoms with Gasteiger partial charge in [-0.3, -0.25) is 0 Å². The molecule has 18 heavy (non-hydrogen) atoms. The van der Waals surface area contributed by atoms with Gasteiger partial charge in [0.2, 0.25) is 0 Å². The summed E-state index contributed by atoms with van der Waals surface area (Å²) < 4.78 is 19.9. The molecular weight excluding hydrogens is 322 g/mol. The SMILES string of the molecule is COC1CCCC(O)(c2ccc(Br)c(Cl)c2F)C1. The number of methoxy groups -OCH3 is 1. The van der Waals surface area contributed by atoms with E-state index < -0.39 is 11.4 Å². The second-order valence-electron chi connectivity index (χ2n) is 4.71. The van der Waals surface area contributed by atoms with Crippen molar-refractivity contribution in [2.45, 2.75) is 37.4 Å². The van der Waals surface area contributed by atoms with Gasteiger partial charge in [-0.15, -0.1) is 0 Å². The maximum absolute atomic E-state index is 14.2. The number of benzene rings is 1. The van der Waals surface area contributed by atoms with Gasteiger partial charge in [0.25, 0.3) is 0 Å². The molecule has 1 aromatic carbocycles. The molecule has 1 aliphatic rings. The van der Waals surface area contributed by atoms with E-state index >= 15 is 0 Å². The molecule has 2 atom stereocenters.